The number of carbonyl (C=O) groups is 2. The summed E-state index contributed by atoms with van der Waals surface area (Å²) in [5, 5.41) is 14.5. The molecule has 174 valence electrons. The number of carbonyl (C=O) groups excluding carboxylic acids is 2. The van der Waals surface area contributed by atoms with Gasteiger partial charge in [-0.3, -0.25) is 9.59 Å². The van der Waals surface area contributed by atoms with Gasteiger partial charge in [0.15, 0.2) is 17.1 Å². The molecule has 0 aliphatic rings. The van der Waals surface area contributed by atoms with Gasteiger partial charge in [-0.05, 0) is 50.1 Å². The van der Waals surface area contributed by atoms with E-state index < -0.39 is 6.10 Å². The molecule has 0 bridgehead atoms. The average molecular weight is 469 g/mol. The van der Waals surface area contributed by atoms with Crippen LogP contribution in [0.25, 0.3) is 0 Å². The van der Waals surface area contributed by atoms with Crippen molar-refractivity contribution in [1.29, 1.82) is 0 Å². The summed E-state index contributed by atoms with van der Waals surface area (Å²) in [6.45, 7) is 6.57. The minimum absolute atomic E-state index is 0.169. The third kappa shape index (κ3) is 7.04. The maximum atomic E-state index is 12.5. The standard InChI is InChI=1S/C23H28N6O3S/c1-4-17-9-11-18(12-10-17)32-16(3)22(31)25-14-20-27-28-23(29(20)5-2)33-15-21(30)26-19-8-6-7-13-24-19/h6-13,16H,4-5,14-15H2,1-3H3,(H,25,31)(H,24,26,30)/t16-/m1/s1. The van der Waals surface area contributed by atoms with Gasteiger partial charge in [-0.1, -0.05) is 36.9 Å². The number of amides is 2. The van der Waals surface area contributed by atoms with Crippen LogP contribution in [0.2, 0.25) is 0 Å². The second-order valence-corrected chi connectivity index (χ2v) is 8.11. The zero-order valence-corrected chi connectivity index (χ0v) is 19.8. The molecule has 2 aromatic heterocycles. The van der Waals surface area contributed by atoms with Crippen molar-refractivity contribution >= 4 is 29.4 Å². The largest absolute Gasteiger partial charge is 0.481 e. The molecule has 2 amide bonds. The predicted molar refractivity (Wildman–Crippen MR) is 127 cm³/mol. The van der Waals surface area contributed by atoms with E-state index in [0.29, 0.717) is 29.1 Å². The van der Waals surface area contributed by atoms with Crippen molar-refractivity contribution in [2.45, 2.75) is 51.5 Å². The lowest BCUT2D eigenvalue weighted by Crippen LogP contribution is -2.36. The van der Waals surface area contributed by atoms with Crippen molar-refractivity contribution < 1.29 is 14.3 Å². The van der Waals surface area contributed by atoms with Crippen molar-refractivity contribution in [1.82, 2.24) is 25.1 Å². The molecular weight excluding hydrogens is 440 g/mol. The summed E-state index contributed by atoms with van der Waals surface area (Å²) in [6, 6.07) is 13.0. The highest BCUT2D eigenvalue weighted by molar-refractivity contribution is 7.99. The highest BCUT2D eigenvalue weighted by atomic mass is 32.2. The Morgan fingerprint density at radius 2 is 1.91 bits per heavy atom. The number of aromatic nitrogens is 4. The number of thioether (sulfide) groups is 1. The van der Waals surface area contributed by atoms with Crippen molar-refractivity contribution in [3.63, 3.8) is 0 Å². The smallest absolute Gasteiger partial charge is 0.261 e. The maximum absolute atomic E-state index is 12.5. The van der Waals surface area contributed by atoms with Gasteiger partial charge in [-0.2, -0.15) is 0 Å². The Morgan fingerprint density at radius 1 is 1.12 bits per heavy atom. The SMILES string of the molecule is CCc1ccc(O[C@H](C)C(=O)NCc2nnc(SCC(=O)Nc3ccccn3)n2CC)cc1. The van der Waals surface area contributed by atoms with E-state index in [2.05, 4.69) is 32.7 Å². The van der Waals surface area contributed by atoms with E-state index >= 15 is 0 Å². The topological polar surface area (TPSA) is 111 Å². The van der Waals surface area contributed by atoms with Crippen molar-refractivity contribution in [3.05, 3.63) is 60.0 Å². The van der Waals surface area contributed by atoms with Gasteiger partial charge in [-0.15, -0.1) is 10.2 Å². The van der Waals surface area contributed by atoms with Crippen LogP contribution in [0, 0.1) is 0 Å². The average Bonchev–Trinajstić information content (AvgIpc) is 3.24. The van der Waals surface area contributed by atoms with Crippen LogP contribution in [0.4, 0.5) is 5.82 Å². The van der Waals surface area contributed by atoms with Gasteiger partial charge in [0.25, 0.3) is 5.91 Å². The minimum Gasteiger partial charge on any atom is -0.481 e. The maximum Gasteiger partial charge on any atom is 0.261 e. The summed E-state index contributed by atoms with van der Waals surface area (Å²) in [7, 11) is 0. The molecule has 33 heavy (non-hydrogen) atoms. The number of ether oxygens (including phenoxy) is 1. The van der Waals surface area contributed by atoms with Crippen LogP contribution < -0.4 is 15.4 Å². The molecule has 2 N–H and O–H groups in total. The number of aryl methyl sites for hydroxylation is 1. The summed E-state index contributed by atoms with van der Waals surface area (Å²) in [5.41, 5.74) is 1.21. The summed E-state index contributed by atoms with van der Waals surface area (Å²) in [4.78, 5) is 28.7. The Balaban J connectivity index is 1.50. The molecule has 0 radical (unpaired) electrons. The number of anilines is 1. The van der Waals surface area contributed by atoms with Gasteiger partial charge in [-0.25, -0.2) is 4.98 Å². The Hall–Kier alpha value is -3.40. The number of pyridine rings is 1. The molecule has 9 nitrogen and oxygen atoms in total. The fraction of sp³-hybridized carbons (Fsp3) is 0.348. The Labute approximate surface area is 197 Å². The molecule has 10 heteroatoms. The number of hydrogen-bond acceptors (Lipinski definition) is 7. The molecule has 1 atom stereocenters. The highest BCUT2D eigenvalue weighted by Gasteiger charge is 2.18. The Kier molecular flexibility index (Phi) is 8.82. The van der Waals surface area contributed by atoms with E-state index in [1.807, 2.05) is 35.8 Å². The number of nitrogens with one attached hydrogen (secondary N) is 2. The molecule has 0 spiro atoms. The molecule has 2 heterocycles. The number of hydrogen-bond donors (Lipinski definition) is 2. The van der Waals surface area contributed by atoms with Crippen LogP contribution in [0.1, 0.15) is 32.2 Å². The first kappa shape index (κ1) is 24.2. The highest BCUT2D eigenvalue weighted by Crippen LogP contribution is 2.18. The first-order chi connectivity index (χ1) is 16.0. The summed E-state index contributed by atoms with van der Waals surface area (Å²) in [6.07, 6.45) is 1.91. The number of nitrogens with zero attached hydrogens (tertiary/aromatic N) is 4. The van der Waals surface area contributed by atoms with Gasteiger partial charge in [0, 0.05) is 12.7 Å². The molecule has 0 unspecified atom stereocenters. The van der Waals surface area contributed by atoms with Gasteiger partial charge < -0.3 is 19.9 Å². The molecular formula is C23H28N6O3S. The normalized spacial score (nSPS) is 11.6. The molecule has 3 aromatic rings. The van der Waals surface area contributed by atoms with E-state index in [0.717, 1.165) is 6.42 Å². The lowest BCUT2D eigenvalue weighted by molar-refractivity contribution is -0.127. The molecule has 0 saturated carbocycles. The van der Waals surface area contributed by atoms with E-state index in [-0.39, 0.29) is 24.1 Å². The summed E-state index contributed by atoms with van der Waals surface area (Å²) in [5.74, 6) is 1.50. The third-order valence-corrected chi connectivity index (χ3v) is 5.78. The van der Waals surface area contributed by atoms with Gasteiger partial charge in [0.1, 0.15) is 11.6 Å². The van der Waals surface area contributed by atoms with Crippen LogP contribution in [0.3, 0.4) is 0 Å². The zero-order chi connectivity index (χ0) is 23.6. The summed E-state index contributed by atoms with van der Waals surface area (Å²) >= 11 is 1.28. The van der Waals surface area contributed by atoms with Gasteiger partial charge in [0.2, 0.25) is 5.91 Å². The van der Waals surface area contributed by atoms with E-state index in [4.69, 9.17) is 4.74 Å². The van der Waals surface area contributed by atoms with Crippen LogP contribution in [0.5, 0.6) is 5.75 Å². The molecule has 0 aliphatic carbocycles. The monoisotopic (exact) mass is 468 g/mol. The van der Waals surface area contributed by atoms with Crippen molar-refractivity contribution in [2.75, 3.05) is 11.1 Å². The fourth-order valence-corrected chi connectivity index (χ4v) is 3.81. The molecule has 0 saturated heterocycles. The van der Waals surface area contributed by atoms with Gasteiger partial charge in [0.05, 0.1) is 12.3 Å². The van der Waals surface area contributed by atoms with Crippen LogP contribution in [0.15, 0.2) is 53.8 Å². The molecule has 1 aromatic carbocycles. The summed E-state index contributed by atoms with van der Waals surface area (Å²) < 4.78 is 7.60. The fourth-order valence-electron chi connectivity index (χ4n) is 2.99. The van der Waals surface area contributed by atoms with E-state index in [1.165, 1.54) is 17.3 Å². The number of benzene rings is 1. The van der Waals surface area contributed by atoms with Crippen molar-refractivity contribution in [3.8, 4) is 5.75 Å². The lowest BCUT2D eigenvalue weighted by atomic mass is 10.2. The lowest BCUT2D eigenvalue weighted by Gasteiger charge is -2.15. The third-order valence-electron chi connectivity index (χ3n) is 4.81. The van der Waals surface area contributed by atoms with Crippen LogP contribution in [-0.2, 0) is 29.1 Å². The van der Waals surface area contributed by atoms with Gasteiger partial charge >= 0.3 is 0 Å². The Morgan fingerprint density at radius 3 is 2.58 bits per heavy atom. The van der Waals surface area contributed by atoms with Crippen molar-refractivity contribution in [2.24, 2.45) is 0 Å². The van der Waals surface area contributed by atoms with Crippen LogP contribution in [-0.4, -0.2) is 43.4 Å². The second kappa shape index (κ2) is 12.0. The zero-order valence-electron chi connectivity index (χ0n) is 18.9. The Bertz CT molecular complexity index is 1060. The first-order valence-corrected chi connectivity index (χ1v) is 11.8. The van der Waals surface area contributed by atoms with Crippen LogP contribution >= 0.6 is 11.8 Å². The first-order valence-electron chi connectivity index (χ1n) is 10.8. The molecule has 0 aliphatic heterocycles. The second-order valence-electron chi connectivity index (χ2n) is 7.17. The van der Waals surface area contributed by atoms with E-state index in [1.54, 1.807) is 31.3 Å². The predicted octanol–water partition coefficient (Wildman–Crippen LogP) is 3.07. The minimum atomic E-state index is -0.653. The number of rotatable bonds is 11. The quantitative estimate of drug-likeness (QED) is 0.416. The molecule has 0 fully saturated rings. The molecule has 3 rings (SSSR count). The van der Waals surface area contributed by atoms with E-state index in [9.17, 15) is 9.59 Å².